The Kier molecular flexibility index (Phi) is 3.66. The summed E-state index contributed by atoms with van der Waals surface area (Å²) >= 11 is 3.39. The van der Waals surface area contributed by atoms with E-state index in [9.17, 15) is 4.79 Å². The number of aliphatic imine (C=N–C) groups is 1. The molecule has 0 saturated heterocycles. The first-order chi connectivity index (χ1) is 7.01. The average Bonchev–Trinajstić information content (AvgIpc) is 2.17. The first kappa shape index (κ1) is 12.0. The number of hydrogen-bond acceptors (Lipinski definition) is 3. The molecule has 80 valence electrons. The van der Waals surface area contributed by atoms with Crippen molar-refractivity contribution < 1.29 is 9.53 Å². The second kappa shape index (κ2) is 4.60. The number of benzene rings is 1. The average molecular weight is 270 g/mol. The van der Waals surface area contributed by atoms with Gasteiger partial charge in [0.1, 0.15) is 5.75 Å². The summed E-state index contributed by atoms with van der Waals surface area (Å²) in [6, 6.07) is 5.60. The van der Waals surface area contributed by atoms with E-state index in [2.05, 4.69) is 20.9 Å². The lowest BCUT2D eigenvalue weighted by molar-refractivity contribution is 0.411. The van der Waals surface area contributed by atoms with E-state index in [1.165, 1.54) is 0 Å². The lowest BCUT2D eigenvalue weighted by atomic mass is 9.95. The van der Waals surface area contributed by atoms with E-state index in [0.717, 1.165) is 15.8 Å². The number of carbonyl (C=O) groups excluding carboxylic acids is 1. The zero-order chi connectivity index (χ0) is 11.5. The molecule has 0 unspecified atom stereocenters. The van der Waals surface area contributed by atoms with E-state index < -0.39 is 5.54 Å². The molecule has 0 aliphatic carbocycles. The minimum Gasteiger partial charge on any atom is -0.496 e. The number of rotatable bonds is 3. The quantitative estimate of drug-likeness (QED) is 0.625. The second-order valence-corrected chi connectivity index (χ2v) is 4.47. The fraction of sp³-hybridized carbons (Fsp3) is 0.364. The molecular formula is C11H12BrNO2. The van der Waals surface area contributed by atoms with Gasteiger partial charge in [0.15, 0.2) is 0 Å². The van der Waals surface area contributed by atoms with Gasteiger partial charge in [-0.15, -0.1) is 0 Å². The summed E-state index contributed by atoms with van der Waals surface area (Å²) in [6.45, 7) is 3.71. The van der Waals surface area contributed by atoms with Crippen LogP contribution in [0, 0.1) is 0 Å². The van der Waals surface area contributed by atoms with Crippen molar-refractivity contribution in [2.45, 2.75) is 19.4 Å². The van der Waals surface area contributed by atoms with Gasteiger partial charge in [0, 0.05) is 0 Å². The summed E-state index contributed by atoms with van der Waals surface area (Å²) in [5.74, 6) is 0.754. The molecule has 0 aliphatic rings. The molecule has 0 atom stereocenters. The van der Waals surface area contributed by atoms with Crippen molar-refractivity contribution in [2.24, 2.45) is 4.99 Å². The van der Waals surface area contributed by atoms with Gasteiger partial charge in [0.25, 0.3) is 0 Å². The Labute approximate surface area is 97.3 Å². The predicted octanol–water partition coefficient (Wildman–Crippen LogP) is 3.03. The lowest BCUT2D eigenvalue weighted by Gasteiger charge is -2.18. The number of halogens is 1. The third-order valence-electron chi connectivity index (χ3n) is 2.18. The molecule has 0 bridgehead atoms. The van der Waals surface area contributed by atoms with Crippen LogP contribution in [0.3, 0.4) is 0 Å². The summed E-state index contributed by atoms with van der Waals surface area (Å²) in [5.41, 5.74) is 0.370. The van der Waals surface area contributed by atoms with Crippen molar-refractivity contribution >= 4 is 22.0 Å². The molecule has 3 nitrogen and oxygen atoms in total. The molecule has 0 aromatic heterocycles. The van der Waals surface area contributed by atoms with E-state index >= 15 is 0 Å². The smallest absolute Gasteiger partial charge is 0.235 e. The molecular weight excluding hydrogens is 258 g/mol. The number of ether oxygens (including phenoxy) is 1. The largest absolute Gasteiger partial charge is 0.496 e. The van der Waals surface area contributed by atoms with Crippen LogP contribution in [0.5, 0.6) is 5.75 Å². The van der Waals surface area contributed by atoms with Gasteiger partial charge >= 0.3 is 0 Å². The van der Waals surface area contributed by atoms with Gasteiger partial charge in [0.2, 0.25) is 6.08 Å². The summed E-state index contributed by atoms with van der Waals surface area (Å²) in [7, 11) is 1.61. The minimum atomic E-state index is -0.559. The Bertz CT molecular complexity index is 409. The first-order valence-corrected chi connectivity index (χ1v) is 5.23. The zero-order valence-corrected chi connectivity index (χ0v) is 10.5. The lowest BCUT2D eigenvalue weighted by Crippen LogP contribution is -2.13. The van der Waals surface area contributed by atoms with E-state index in [1.54, 1.807) is 13.2 Å². The molecule has 1 aromatic carbocycles. The van der Waals surface area contributed by atoms with Crippen LogP contribution in [-0.4, -0.2) is 13.2 Å². The maximum Gasteiger partial charge on any atom is 0.235 e. The summed E-state index contributed by atoms with van der Waals surface area (Å²) in [5, 5.41) is 0. The fourth-order valence-electron chi connectivity index (χ4n) is 1.23. The highest BCUT2D eigenvalue weighted by molar-refractivity contribution is 9.10. The molecule has 15 heavy (non-hydrogen) atoms. The number of isocyanates is 1. The Morgan fingerprint density at radius 3 is 2.60 bits per heavy atom. The van der Waals surface area contributed by atoms with Gasteiger partial charge in [-0.2, -0.15) is 4.99 Å². The molecule has 0 amide bonds. The highest BCUT2D eigenvalue weighted by Crippen LogP contribution is 2.31. The molecule has 0 spiro atoms. The van der Waals surface area contributed by atoms with Gasteiger partial charge in [-0.25, -0.2) is 4.79 Å². The molecule has 4 heteroatoms. The van der Waals surface area contributed by atoms with E-state index in [4.69, 9.17) is 4.74 Å². The van der Waals surface area contributed by atoms with Crippen LogP contribution in [0.15, 0.2) is 27.7 Å². The van der Waals surface area contributed by atoms with Crippen molar-refractivity contribution in [1.82, 2.24) is 0 Å². The van der Waals surface area contributed by atoms with Crippen molar-refractivity contribution in [2.75, 3.05) is 7.11 Å². The molecule has 1 rings (SSSR count). The van der Waals surface area contributed by atoms with Gasteiger partial charge in [-0.05, 0) is 47.5 Å². The van der Waals surface area contributed by atoms with Gasteiger partial charge in [-0.1, -0.05) is 6.07 Å². The third kappa shape index (κ3) is 2.67. The molecule has 0 N–H and O–H groups in total. The fourth-order valence-corrected chi connectivity index (χ4v) is 1.77. The topological polar surface area (TPSA) is 38.7 Å². The molecule has 1 aromatic rings. The van der Waals surface area contributed by atoms with Crippen LogP contribution in [-0.2, 0) is 10.3 Å². The maximum absolute atomic E-state index is 10.3. The Hall–Kier alpha value is -1.12. The van der Waals surface area contributed by atoms with Crippen molar-refractivity contribution in [3.63, 3.8) is 0 Å². The van der Waals surface area contributed by atoms with E-state index in [1.807, 2.05) is 32.0 Å². The molecule has 0 aliphatic heterocycles. The summed E-state index contributed by atoms with van der Waals surface area (Å²) in [4.78, 5) is 14.0. The van der Waals surface area contributed by atoms with Crippen LogP contribution in [0.1, 0.15) is 19.4 Å². The summed E-state index contributed by atoms with van der Waals surface area (Å²) in [6.07, 6.45) is 1.58. The van der Waals surface area contributed by atoms with Gasteiger partial charge in [0.05, 0.1) is 17.1 Å². The number of hydrogen-bond donors (Lipinski definition) is 0. The SMILES string of the molecule is COc1ccc(C(C)(C)N=C=O)cc1Br. The van der Waals surface area contributed by atoms with Crippen molar-refractivity contribution in [1.29, 1.82) is 0 Å². The maximum atomic E-state index is 10.3. The monoisotopic (exact) mass is 269 g/mol. The standard InChI is InChI=1S/C11H12BrNO2/c1-11(2,13-7-14)8-4-5-10(15-3)9(12)6-8/h4-6H,1-3H3. The van der Waals surface area contributed by atoms with Crippen molar-refractivity contribution in [3.05, 3.63) is 28.2 Å². The molecule has 0 heterocycles. The van der Waals surface area contributed by atoms with Gasteiger partial charge in [-0.3, -0.25) is 0 Å². The first-order valence-electron chi connectivity index (χ1n) is 4.44. The van der Waals surface area contributed by atoms with Crippen LogP contribution >= 0.6 is 15.9 Å². The molecule has 0 radical (unpaired) electrons. The highest BCUT2D eigenvalue weighted by atomic mass is 79.9. The Balaban J connectivity index is 3.17. The Morgan fingerprint density at radius 2 is 2.13 bits per heavy atom. The minimum absolute atomic E-state index is 0.559. The van der Waals surface area contributed by atoms with E-state index in [-0.39, 0.29) is 0 Å². The van der Waals surface area contributed by atoms with Crippen LogP contribution < -0.4 is 4.74 Å². The van der Waals surface area contributed by atoms with E-state index in [0.29, 0.717) is 0 Å². The van der Waals surface area contributed by atoms with Crippen LogP contribution in [0.4, 0.5) is 0 Å². The normalized spacial score (nSPS) is 10.7. The zero-order valence-electron chi connectivity index (χ0n) is 8.87. The van der Waals surface area contributed by atoms with Gasteiger partial charge < -0.3 is 4.74 Å². The number of methoxy groups -OCH3 is 1. The highest BCUT2D eigenvalue weighted by Gasteiger charge is 2.20. The third-order valence-corrected chi connectivity index (χ3v) is 2.80. The molecule has 0 fully saturated rings. The predicted molar refractivity (Wildman–Crippen MR) is 61.8 cm³/mol. The van der Waals surface area contributed by atoms with Crippen LogP contribution in [0.2, 0.25) is 0 Å². The van der Waals surface area contributed by atoms with Crippen molar-refractivity contribution in [3.8, 4) is 5.75 Å². The molecule has 0 saturated carbocycles. The second-order valence-electron chi connectivity index (χ2n) is 3.61. The Morgan fingerprint density at radius 1 is 1.47 bits per heavy atom. The number of nitrogens with zero attached hydrogens (tertiary/aromatic N) is 1. The summed E-state index contributed by atoms with van der Waals surface area (Å²) < 4.78 is 5.96. The van der Waals surface area contributed by atoms with Crippen LogP contribution in [0.25, 0.3) is 0 Å².